The van der Waals surface area contributed by atoms with Crippen LogP contribution in [0.1, 0.15) is 24.2 Å². The number of amidine groups is 1. The number of methoxy groups -OCH3 is 1. The molecule has 5 heteroatoms. The van der Waals surface area contributed by atoms with E-state index < -0.39 is 0 Å². The van der Waals surface area contributed by atoms with Crippen LogP contribution in [0, 0.1) is 6.92 Å². The highest BCUT2D eigenvalue weighted by Gasteiger charge is 2.39. The molecule has 5 nitrogen and oxygen atoms in total. The quantitative estimate of drug-likeness (QED) is 0.625. The van der Waals surface area contributed by atoms with Gasteiger partial charge in [-0.1, -0.05) is 48.0 Å². The van der Waals surface area contributed by atoms with Crippen molar-refractivity contribution in [1.29, 1.82) is 0 Å². The molecule has 0 bridgehead atoms. The number of carbonyl (C=O) groups excluding carboxylic acids is 1. The number of benzene rings is 3. The van der Waals surface area contributed by atoms with Crippen LogP contribution in [0.25, 0.3) is 0 Å². The maximum atomic E-state index is 12.5. The fraction of sp³-hybridized carbons (Fsp3) is 0.167. The van der Waals surface area contributed by atoms with Crippen LogP contribution in [0.5, 0.6) is 5.75 Å². The first-order valence-corrected chi connectivity index (χ1v) is 9.52. The molecule has 0 amide bonds. The van der Waals surface area contributed by atoms with Crippen LogP contribution >= 0.6 is 0 Å². The van der Waals surface area contributed by atoms with Crippen molar-refractivity contribution in [1.82, 2.24) is 0 Å². The van der Waals surface area contributed by atoms with Crippen LogP contribution in [0.2, 0.25) is 0 Å². The monoisotopic (exact) mass is 385 g/mol. The molecule has 0 saturated heterocycles. The Morgan fingerprint density at radius 3 is 2.10 bits per heavy atom. The van der Waals surface area contributed by atoms with E-state index in [0.29, 0.717) is 5.84 Å². The number of hydrazone groups is 1. The summed E-state index contributed by atoms with van der Waals surface area (Å²) in [7, 11) is 1.64. The van der Waals surface area contributed by atoms with Crippen molar-refractivity contribution in [3.8, 4) is 5.75 Å². The molecule has 0 spiro atoms. The van der Waals surface area contributed by atoms with E-state index in [-0.39, 0.29) is 11.9 Å². The fourth-order valence-electron chi connectivity index (χ4n) is 3.49. The minimum Gasteiger partial charge on any atom is -0.497 e. The van der Waals surface area contributed by atoms with Gasteiger partial charge in [0.15, 0.2) is 17.8 Å². The maximum absolute atomic E-state index is 12.5. The van der Waals surface area contributed by atoms with E-state index in [1.54, 1.807) is 14.0 Å². The van der Waals surface area contributed by atoms with Crippen molar-refractivity contribution in [3.63, 3.8) is 0 Å². The van der Waals surface area contributed by atoms with Gasteiger partial charge in [-0.25, -0.2) is 5.01 Å². The van der Waals surface area contributed by atoms with Crippen molar-refractivity contribution >= 4 is 23.0 Å². The van der Waals surface area contributed by atoms with Gasteiger partial charge >= 0.3 is 0 Å². The van der Waals surface area contributed by atoms with E-state index in [2.05, 4.69) is 31.2 Å². The molecular formula is C24H23N3O2. The highest BCUT2D eigenvalue weighted by molar-refractivity contribution is 6.44. The van der Waals surface area contributed by atoms with Crippen molar-refractivity contribution in [2.45, 2.75) is 20.0 Å². The maximum Gasteiger partial charge on any atom is 0.198 e. The van der Waals surface area contributed by atoms with Crippen molar-refractivity contribution in [2.24, 2.45) is 5.10 Å². The molecule has 3 aromatic carbocycles. The molecule has 4 rings (SSSR count). The average Bonchev–Trinajstić information content (AvgIpc) is 3.16. The number of aryl methyl sites for hydroxylation is 1. The van der Waals surface area contributed by atoms with E-state index in [1.165, 1.54) is 5.56 Å². The fourth-order valence-corrected chi connectivity index (χ4v) is 3.49. The van der Waals surface area contributed by atoms with Crippen LogP contribution < -0.4 is 14.6 Å². The number of nitrogens with zero attached hydrogens (tertiary/aromatic N) is 3. The first kappa shape index (κ1) is 18.7. The zero-order valence-corrected chi connectivity index (χ0v) is 16.7. The number of anilines is 2. The van der Waals surface area contributed by atoms with Crippen molar-refractivity contribution in [3.05, 3.63) is 90.0 Å². The molecular weight excluding hydrogens is 362 g/mol. The van der Waals surface area contributed by atoms with Crippen molar-refractivity contribution < 1.29 is 9.53 Å². The van der Waals surface area contributed by atoms with E-state index in [1.807, 2.05) is 64.5 Å². The first-order chi connectivity index (χ1) is 14.1. The third kappa shape index (κ3) is 3.59. The van der Waals surface area contributed by atoms with Crippen LogP contribution in [0.3, 0.4) is 0 Å². The Balaban J connectivity index is 1.86. The van der Waals surface area contributed by atoms with Gasteiger partial charge in [0.25, 0.3) is 0 Å². The minimum absolute atomic E-state index is 0.0867. The number of ether oxygens (including phenoxy) is 1. The van der Waals surface area contributed by atoms with Gasteiger partial charge in [-0.2, -0.15) is 0 Å². The molecule has 0 N–H and O–H groups in total. The van der Waals surface area contributed by atoms with Gasteiger partial charge in [-0.3, -0.25) is 9.69 Å². The molecule has 3 aromatic rings. The second-order valence-electron chi connectivity index (χ2n) is 7.01. The second kappa shape index (κ2) is 7.80. The topological polar surface area (TPSA) is 45.1 Å². The van der Waals surface area contributed by atoms with Crippen LogP contribution in [0.15, 0.2) is 84.0 Å². The smallest absolute Gasteiger partial charge is 0.198 e. The summed E-state index contributed by atoms with van der Waals surface area (Å²) in [4.78, 5) is 14.5. The predicted molar refractivity (Wildman–Crippen MR) is 116 cm³/mol. The Labute approximate surface area is 170 Å². The Bertz CT molecular complexity index is 1030. The van der Waals surface area contributed by atoms with Crippen LogP contribution in [0.4, 0.5) is 11.4 Å². The van der Waals surface area contributed by atoms with E-state index >= 15 is 0 Å². The summed E-state index contributed by atoms with van der Waals surface area (Å²) in [5.41, 5.74) is 4.03. The molecule has 0 unspecified atom stereocenters. The molecule has 1 atom stereocenters. The van der Waals surface area contributed by atoms with Gasteiger partial charge in [0.1, 0.15) is 5.75 Å². The standard InChI is InChI=1S/C24H23N3O2/c1-17-9-11-21(12-10-17)27-24(19-7-5-4-6-8-19)26(23(25-27)18(2)28)20-13-15-22(29-3)16-14-20/h4-16,24H,1-3H3/t24-/m1/s1. The summed E-state index contributed by atoms with van der Waals surface area (Å²) in [5.74, 6) is 1.09. The summed E-state index contributed by atoms with van der Waals surface area (Å²) in [6, 6.07) is 26.0. The summed E-state index contributed by atoms with van der Waals surface area (Å²) in [5, 5.41) is 6.65. The predicted octanol–water partition coefficient (Wildman–Crippen LogP) is 4.93. The number of carbonyl (C=O) groups is 1. The number of rotatable bonds is 5. The molecule has 29 heavy (non-hydrogen) atoms. The first-order valence-electron chi connectivity index (χ1n) is 9.52. The number of hydrogen-bond acceptors (Lipinski definition) is 5. The van der Waals surface area contributed by atoms with E-state index in [0.717, 1.165) is 22.7 Å². The Morgan fingerprint density at radius 2 is 1.52 bits per heavy atom. The molecule has 146 valence electrons. The summed E-state index contributed by atoms with van der Waals surface area (Å²) < 4.78 is 5.29. The minimum atomic E-state index is -0.272. The zero-order valence-electron chi connectivity index (χ0n) is 16.7. The molecule has 0 aliphatic carbocycles. The Kier molecular flexibility index (Phi) is 5.04. The number of Topliss-reactive ketones (excluding diaryl/α,β-unsaturated/α-hetero) is 1. The van der Waals surface area contributed by atoms with E-state index in [9.17, 15) is 4.79 Å². The Morgan fingerprint density at radius 1 is 0.897 bits per heavy atom. The molecule has 1 aliphatic heterocycles. The van der Waals surface area contributed by atoms with Crippen LogP contribution in [-0.4, -0.2) is 18.7 Å². The zero-order chi connectivity index (χ0) is 20.4. The lowest BCUT2D eigenvalue weighted by Gasteiger charge is -2.32. The van der Waals surface area contributed by atoms with Gasteiger partial charge in [0.05, 0.1) is 12.8 Å². The largest absolute Gasteiger partial charge is 0.497 e. The lowest BCUT2D eigenvalue weighted by atomic mass is 10.1. The molecule has 1 heterocycles. The Hall–Kier alpha value is -3.60. The van der Waals surface area contributed by atoms with E-state index in [4.69, 9.17) is 9.84 Å². The molecule has 1 aliphatic rings. The van der Waals surface area contributed by atoms with Gasteiger partial charge in [-0.15, -0.1) is 5.10 Å². The molecule has 0 saturated carbocycles. The third-order valence-corrected chi connectivity index (χ3v) is 4.97. The normalized spacial score (nSPS) is 16.0. The average molecular weight is 385 g/mol. The van der Waals surface area contributed by atoms with Gasteiger partial charge < -0.3 is 4.74 Å². The molecule has 0 aromatic heterocycles. The summed E-state index contributed by atoms with van der Waals surface area (Å²) >= 11 is 0. The second-order valence-corrected chi connectivity index (χ2v) is 7.01. The highest BCUT2D eigenvalue weighted by Crippen LogP contribution is 2.39. The third-order valence-electron chi connectivity index (χ3n) is 4.97. The highest BCUT2D eigenvalue weighted by atomic mass is 16.5. The summed E-state index contributed by atoms with van der Waals surface area (Å²) in [6.45, 7) is 3.60. The van der Waals surface area contributed by atoms with Gasteiger partial charge in [0.2, 0.25) is 0 Å². The number of ketones is 1. The molecule has 0 radical (unpaired) electrons. The SMILES string of the molecule is COc1ccc(N2C(C(C)=O)=NN(c3ccc(C)cc3)[C@@H]2c2ccccc2)cc1. The van der Waals surface area contributed by atoms with Crippen LogP contribution in [-0.2, 0) is 4.79 Å². The lowest BCUT2D eigenvalue weighted by molar-refractivity contribution is -0.111. The molecule has 0 fully saturated rings. The van der Waals surface area contributed by atoms with Crippen molar-refractivity contribution in [2.75, 3.05) is 17.0 Å². The van der Waals surface area contributed by atoms with Gasteiger partial charge in [0, 0.05) is 12.6 Å². The summed E-state index contributed by atoms with van der Waals surface area (Å²) in [6.07, 6.45) is -0.272. The number of hydrogen-bond donors (Lipinski definition) is 0. The lowest BCUT2D eigenvalue weighted by Crippen LogP contribution is -2.37. The van der Waals surface area contributed by atoms with Gasteiger partial charge in [-0.05, 0) is 48.9 Å².